The van der Waals surface area contributed by atoms with Crippen LogP contribution >= 0.6 is 11.3 Å². The van der Waals surface area contributed by atoms with Crippen molar-refractivity contribution in [3.8, 4) is 5.75 Å². The van der Waals surface area contributed by atoms with Gasteiger partial charge < -0.3 is 9.47 Å². The lowest BCUT2D eigenvalue weighted by atomic mass is 10.1. The summed E-state index contributed by atoms with van der Waals surface area (Å²) < 4.78 is 37.4. The van der Waals surface area contributed by atoms with Crippen LogP contribution in [-0.4, -0.2) is 51.4 Å². The fourth-order valence-corrected chi connectivity index (χ4v) is 6.68. The zero-order chi connectivity index (χ0) is 24.3. The highest BCUT2D eigenvalue weighted by atomic mass is 32.2. The van der Waals surface area contributed by atoms with E-state index in [-0.39, 0.29) is 35.5 Å². The average molecular weight is 503 g/mol. The number of amides is 1. The predicted molar refractivity (Wildman–Crippen MR) is 135 cm³/mol. The first-order chi connectivity index (χ1) is 16.3. The minimum atomic E-state index is -3.49. The van der Waals surface area contributed by atoms with Crippen LogP contribution in [0.3, 0.4) is 0 Å². The second-order valence-corrected chi connectivity index (χ2v) is 11.8. The molecule has 1 aliphatic rings. The number of aryl methyl sites for hydroxylation is 2. The molecule has 0 spiro atoms. The molecule has 0 radical (unpaired) electrons. The van der Waals surface area contributed by atoms with E-state index in [0.717, 1.165) is 34.2 Å². The third-order valence-electron chi connectivity index (χ3n) is 5.98. The zero-order valence-corrected chi connectivity index (χ0v) is 21.4. The summed E-state index contributed by atoms with van der Waals surface area (Å²) in [4.78, 5) is 20.0. The summed E-state index contributed by atoms with van der Waals surface area (Å²) in [7, 11) is -1.96. The number of fused-ring (bicyclic) bond motifs is 1. The van der Waals surface area contributed by atoms with Crippen LogP contribution in [0.5, 0.6) is 5.75 Å². The number of ether oxygens (including phenoxy) is 2. The summed E-state index contributed by atoms with van der Waals surface area (Å²) in [5.41, 5.74) is 3.13. The van der Waals surface area contributed by atoms with Gasteiger partial charge in [-0.2, -0.15) is 0 Å². The molecule has 0 saturated carbocycles. The lowest BCUT2D eigenvalue weighted by Gasteiger charge is -2.23. The van der Waals surface area contributed by atoms with Crippen LogP contribution in [0, 0.1) is 13.8 Å². The van der Waals surface area contributed by atoms with Crippen molar-refractivity contribution >= 4 is 42.4 Å². The average Bonchev–Trinajstić information content (AvgIpc) is 3.47. The first-order valence-corrected chi connectivity index (χ1v) is 13.9. The number of hydrogen-bond donors (Lipinski definition) is 0. The number of methoxy groups -OCH3 is 1. The van der Waals surface area contributed by atoms with E-state index in [1.807, 2.05) is 13.8 Å². The highest BCUT2D eigenvalue weighted by Crippen LogP contribution is 2.33. The first-order valence-electron chi connectivity index (χ1n) is 11.4. The van der Waals surface area contributed by atoms with Crippen LogP contribution in [0.4, 0.5) is 5.13 Å². The Kier molecular flexibility index (Phi) is 7.54. The summed E-state index contributed by atoms with van der Waals surface area (Å²) in [5, 5.41) is 0.641. The normalized spacial score (nSPS) is 16.1. The first kappa shape index (κ1) is 24.6. The Hall–Kier alpha value is -2.49. The Morgan fingerprint density at radius 1 is 1.24 bits per heavy atom. The second-order valence-electron chi connectivity index (χ2n) is 8.66. The highest BCUT2D eigenvalue weighted by Gasteiger charge is 2.27. The van der Waals surface area contributed by atoms with Gasteiger partial charge in [0, 0.05) is 13.0 Å². The van der Waals surface area contributed by atoms with Crippen molar-refractivity contribution in [1.82, 2.24) is 4.98 Å². The Morgan fingerprint density at radius 3 is 2.68 bits per heavy atom. The van der Waals surface area contributed by atoms with Gasteiger partial charge in [-0.05, 0) is 74.6 Å². The monoisotopic (exact) mass is 502 g/mol. The topological polar surface area (TPSA) is 85.8 Å². The predicted octanol–water partition coefficient (Wildman–Crippen LogP) is 4.69. The molecule has 1 atom stereocenters. The van der Waals surface area contributed by atoms with Crippen LogP contribution in [0.1, 0.15) is 36.8 Å². The quantitative estimate of drug-likeness (QED) is 0.422. The van der Waals surface area contributed by atoms with Crippen molar-refractivity contribution in [2.75, 3.05) is 30.9 Å². The van der Waals surface area contributed by atoms with Crippen molar-refractivity contribution in [1.29, 1.82) is 0 Å². The maximum absolute atomic E-state index is 13.3. The summed E-state index contributed by atoms with van der Waals surface area (Å²) in [5.74, 6) is 0.366. The summed E-state index contributed by atoms with van der Waals surface area (Å²) in [6.07, 6.45) is 2.21. The maximum atomic E-state index is 13.3. The fraction of sp³-hybridized carbons (Fsp3) is 0.440. The van der Waals surface area contributed by atoms with Crippen LogP contribution in [0.25, 0.3) is 10.2 Å². The minimum Gasteiger partial charge on any atom is -0.497 e. The molecular formula is C25H30N2O5S2. The van der Waals surface area contributed by atoms with Gasteiger partial charge in [-0.1, -0.05) is 17.4 Å². The molecule has 1 amide bonds. The van der Waals surface area contributed by atoms with E-state index >= 15 is 0 Å². The number of hydrogen-bond acceptors (Lipinski definition) is 7. The van der Waals surface area contributed by atoms with Gasteiger partial charge in [0.2, 0.25) is 5.91 Å². The Labute approximate surface area is 204 Å². The van der Waals surface area contributed by atoms with Gasteiger partial charge >= 0.3 is 0 Å². The van der Waals surface area contributed by atoms with Crippen LogP contribution < -0.4 is 9.64 Å². The SMILES string of the molecule is COc1ccc(S(=O)(=O)CCCC(=O)N(CC2CCCO2)c2nc3c(C)cc(C)cc3s2)cc1. The Balaban J connectivity index is 1.49. The minimum absolute atomic E-state index is 0.0261. The number of anilines is 1. The molecule has 4 rings (SSSR count). The third kappa shape index (κ3) is 5.59. The van der Waals surface area contributed by atoms with Crippen molar-refractivity contribution in [2.45, 2.75) is 50.5 Å². The van der Waals surface area contributed by atoms with E-state index in [4.69, 9.17) is 14.5 Å². The van der Waals surface area contributed by atoms with E-state index in [1.165, 1.54) is 30.6 Å². The van der Waals surface area contributed by atoms with Crippen molar-refractivity contribution in [3.63, 3.8) is 0 Å². The molecule has 9 heteroatoms. The number of carbonyl (C=O) groups is 1. The van der Waals surface area contributed by atoms with Crippen molar-refractivity contribution < 1.29 is 22.7 Å². The number of sulfone groups is 1. The number of nitrogens with zero attached hydrogens (tertiary/aromatic N) is 2. The van der Waals surface area contributed by atoms with Gasteiger partial charge in [-0.3, -0.25) is 9.69 Å². The van der Waals surface area contributed by atoms with Gasteiger partial charge in [-0.25, -0.2) is 13.4 Å². The van der Waals surface area contributed by atoms with Crippen LogP contribution in [0.15, 0.2) is 41.3 Å². The van der Waals surface area contributed by atoms with Gasteiger partial charge in [0.1, 0.15) is 5.75 Å². The van der Waals surface area contributed by atoms with E-state index < -0.39 is 9.84 Å². The molecule has 1 saturated heterocycles. The molecule has 7 nitrogen and oxygen atoms in total. The van der Waals surface area contributed by atoms with E-state index in [9.17, 15) is 13.2 Å². The molecule has 1 fully saturated rings. The molecule has 182 valence electrons. The number of rotatable bonds is 9. The molecule has 1 aliphatic heterocycles. The molecule has 1 unspecified atom stereocenters. The van der Waals surface area contributed by atoms with Gasteiger partial charge in [0.15, 0.2) is 15.0 Å². The van der Waals surface area contributed by atoms with E-state index in [2.05, 4.69) is 12.1 Å². The molecule has 1 aromatic heterocycles. The van der Waals surface area contributed by atoms with E-state index in [0.29, 0.717) is 24.0 Å². The van der Waals surface area contributed by atoms with Crippen molar-refractivity contribution in [3.05, 3.63) is 47.5 Å². The van der Waals surface area contributed by atoms with Gasteiger partial charge in [0.25, 0.3) is 0 Å². The standard InChI is InChI=1S/C25H30N2O5S2/c1-17-14-18(2)24-22(15-17)33-25(26-24)27(16-20-6-4-12-32-20)23(28)7-5-13-34(29,30)21-10-8-19(31-3)9-11-21/h8-11,14-15,20H,4-7,12-13,16H2,1-3H3. The summed E-state index contributed by atoms with van der Waals surface area (Å²) >= 11 is 1.49. The van der Waals surface area contributed by atoms with Crippen LogP contribution in [-0.2, 0) is 19.4 Å². The van der Waals surface area contributed by atoms with Gasteiger partial charge in [0.05, 0.1) is 40.6 Å². The molecule has 0 aliphatic carbocycles. The number of carbonyl (C=O) groups excluding carboxylic acids is 1. The van der Waals surface area contributed by atoms with Crippen LogP contribution in [0.2, 0.25) is 0 Å². The largest absolute Gasteiger partial charge is 0.497 e. The molecule has 3 aromatic rings. The molecule has 2 heterocycles. The van der Waals surface area contributed by atoms with Gasteiger partial charge in [-0.15, -0.1) is 0 Å². The number of thiazole rings is 1. The lowest BCUT2D eigenvalue weighted by Crippen LogP contribution is -2.37. The maximum Gasteiger partial charge on any atom is 0.228 e. The van der Waals surface area contributed by atoms with Crippen molar-refractivity contribution in [2.24, 2.45) is 0 Å². The summed E-state index contributed by atoms with van der Waals surface area (Å²) in [6.45, 7) is 5.20. The molecule has 0 N–H and O–H groups in total. The Bertz CT molecular complexity index is 1260. The molecule has 34 heavy (non-hydrogen) atoms. The molecule has 0 bridgehead atoms. The number of benzene rings is 2. The smallest absolute Gasteiger partial charge is 0.228 e. The lowest BCUT2D eigenvalue weighted by molar-refractivity contribution is -0.119. The number of aromatic nitrogens is 1. The summed E-state index contributed by atoms with van der Waals surface area (Å²) in [6, 6.07) is 10.5. The fourth-order valence-electron chi connectivity index (χ4n) is 4.20. The zero-order valence-electron chi connectivity index (χ0n) is 19.7. The molecule has 2 aromatic carbocycles. The molecular weight excluding hydrogens is 472 g/mol. The highest BCUT2D eigenvalue weighted by molar-refractivity contribution is 7.91. The third-order valence-corrected chi connectivity index (χ3v) is 8.82. The second kappa shape index (κ2) is 10.4. The Morgan fingerprint density at radius 2 is 2.00 bits per heavy atom. The van der Waals surface area contributed by atoms with E-state index in [1.54, 1.807) is 17.0 Å².